The molecule has 1 aliphatic heterocycles. The molecule has 0 bridgehead atoms. The number of rotatable bonds is 6. The number of nitrogens with one attached hydrogen (secondary N) is 1. The number of aliphatic hydroxyl groups excluding tert-OH is 1. The molecule has 0 aliphatic carbocycles. The number of aromatic amines is 1. The zero-order valence-electron chi connectivity index (χ0n) is 19.9. The molecule has 1 saturated heterocycles. The van der Waals surface area contributed by atoms with Gasteiger partial charge in [0.2, 0.25) is 0 Å². The fourth-order valence-corrected chi connectivity index (χ4v) is 4.92. The molecule has 0 spiro atoms. The lowest BCUT2D eigenvalue weighted by Gasteiger charge is -2.26. The Labute approximate surface area is 213 Å². The van der Waals surface area contributed by atoms with Gasteiger partial charge in [0.05, 0.1) is 18.2 Å². The number of carbonyl (C=O) groups excluding carboxylic acids is 2. The van der Waals surface area contributed by atoms with Gasteiger partial charge < -0.3 is 14.8 Å². The molecule has 1 aliphatic rings. The standard InChI is InChI=1S/C29H25ClN2O4/c1-3-15-36-21-13-11-18(12-14-21)27(33)25-26(24-17(2)31-23-10-5-4-9-22(23)24)32(29(35)28(25)34)20-8-6-7-19(30)16-20/h4-14,16,26,31,33H,3,15H2,1-2H3/b27-25+. The summed E-state index contributed by atoms with van der Waals surface area (Å²) in [5, 5.41) is 12.7. The third kappa shape index (κ3) is 4.03. The van der Waals surface area contributed by atoms with Crippen molar-refractivity contribution in [2.75, 3.05) is 11.5 Å². The predicted octanol–water partition coefficient (Wildman–Crippen LogP) is 6.54. The minimum atomic E-state index is -0.851. The summed E-state index contributed by atoms with van der Waals surface area (Å²) in [7, 11) is 0. The summed E-state index contributed by atoms with van der Waals surface area (Å²) < 4.78 is 5.64. The highest BCUT2D eigenvalue weighted by molar-refractivity contribution is 6.52. The van der Waals surface area contributed by atoms with Gasteiger partial charge in [0.1, 0.15) is 11.5 Å². The van der Waals surface area contributed by atoms with Gasteiger partial charge in [-0.3, -0.25) is 14.5 Å². The Bertz CT molecular complexity index is 1500. The number of para-hydroxylation sites is 1. The maximum atomic E-state index is 13.5. The molecule has 1 aromatic heterocycles. The Morgan fingerprint density at radius 2 is 1.81 bits per heavy atom. The maximum absolute atomic E-state index is 13.5. The highest BCUT2D eigenvalue weighted by Crippen LogP contribution is 2.45. The lowest BCUT2D eigenvalue weighted by Crippen LogP contribution is -2.29. The number of H-pyrrole nitrogens is 1. The molecule has 1 amide bonds. The number of aromatic nitrogens is 1. The summed E-state index contributed by atoms with van der Waals surface area (Å²) in [6, 6.07) is 20.5. The summed E-state index contributed by atoms with van der Waals surface area (Å²) in [5.74, 6) is -1.06. The minimum absolute atomic E-state index is 0.0232. The Morgan fingerprint density at radius 3 is 2.53 bits per heavy atom. The topological polar surface area (TPSA) is 82.6 Å². The van der Waals surface area contributed by atoms with Crippen LogP contribution in [-0.2, 0) is 9.59 Å². The molecular formula is C29H25ClN2O4. The Hall–Kier alpha value is -4.03. The summed E-state index contributed by atoms with van der Waals surface area (Å²) >= 11 is 6.25. The third-order valence-electron chi connectivity index (χ3n) is 6.35. The smallest absolute Gasteiger partial charge is 0.300 e. The molecule has 1 unspecified atom stereocenters. The second-order valence-corrected chi connectivity index (χ2v) is 9.17. The van der Waals surface area contributed by atoms with Gasteiger partial charge in [-0.2, -0.15) is 0 Å². The number of aryl methyl sites for hydroxylation is 1. The monoisotopic (exact) mass is 500 g/mol. The van der Waals surface area contributed by atoms with Gasteiger partial charge in [-0.05, 0) is 61.9 Å². The van der Waals surface area contributed by atoms with Gasteiger partial charge >= 0.3 is 0 Å². The van der Waals surface area contributed by atoms with Crippen LogP contribution in [0.2, 0.25) is 5.02 Å². The van der Waals surface area contributed by atoms with E-state index in [1.807, 2.05) is 38.1 Å². The minimum Gasteiger partial charge on any atom is -0.507 e. The number of nitrogens with zero attached hydrogens (tertiary/aromatic N) is 1. The van der Waals surface area contributed by atoms with Crippen LogP contribution in [0.1, 0.15) is 36.2 Å². The van der Waals surface area contributed by atoms with Crippen LogP contribution in [0.3, 0.4) is 0 Å². The molecule has 2 heterocycles. The Balaban J connectivity index is 1.72. The lowest BCUT2D eigenvalue weighted by molar-refractivity contribution is -0.132. The number of ketones is 1. The van der Waals surface area contributed by atoms with Crippen molar-refractivity contribution < 1.29 is 19.4 Å². The van der Waals surface area contributed by atoms with E-state index in [0.717, 1.165) is 28.6 Å². The average molecular weight is 501 g/mol. The normalized spacial score (nSPS) is 17.2. The van der Waals surface area contributed by atoms with Crippen molar-refractivity contribution in [1.29, 1.82) is 0 Å². The largest absolute Gasteiger partial charge is 0.507 e. The number of fused-ring (bicyclic) bond motifs is 1. The van der Waals surface area contributed by atoms with E-state index >= 15 is 0 Å². The summed E-state index contributed by atoms with van der Waals surface area (Å²) in [5.41, 5.74) is 3.33. The van der Waals surface area contributed by atoms with E-state index in [9.17, 15) is 14.7 Å². The number of carbonyl (C=O) groups is 2. The molecule has 2 N–H and O–H groups in total. The van der Waals surface area contributed by atoms with Crippen LogP contribution in [-0.4, -0.2) is 28.4 Å². The van der Waals surface area contributed by atoms with Crippen LogP contribution in [0.25, 0.3) is 16.7 Å². The zero-order chi connectivity index (χ0) is 25.4. The molecule has 36 heavy (non-hydrogen) atoms. The molecule has 4 aromatic rings. The van der Waals surface area contributed by atoms with Crippen LogP contribution < -0.4 is 9.64 Å². The molecule has 1 fully saturated rings. The average Bonchev–Trinajstić information content (AvgIpc) is 3.34. The highest BCUT2D eigenvalue weighted by atomic mass is 35.5. The van der Waals surface area contributed by atoms with Crippen LogP contribution in [0.5, 0.6) is 5.75 Å². The third-order valence-corrected chi connectivity index (χ3v) is 6.58. The molecule has 7 heteroatoms. The van der Waals surface area contributed by atoms with Gasteiger partial charge in [0, 0.05) is 38.4 Å². The number of Topliss-reactive ketones (excluding diaryl/α,β-unsaturated/α-hetero) is 1. The number of ether oxygens (including phenoxy) is 1. The van der Waals surface area contributed by atoms with Gasteiger partial charge in [-0.25, -0.2) is 0 Å². The Morgan fingerprint density at radius 1 is 1.06 bits per heavy atom. The first kappa shape index (κ1) is 23.7. The predicted molar refractivity (Wildman–Crippen MR) is 141 cm³/mol. The van der Waals surface area contributed by atoms with Crippen molar-refractivity contribution in [3.05, 3.63) is 100 Å². The number of anilines is 1. The highest BCUT2D eigenvalue weighted by Gasteiger charge is 2.48. The second-order valence-electron chi connectivity index (χ2n) is 8.73. The first-order valence-corrected chi connectivity index (χ1v) is 12.2. The van der Waals surface area contributed by atoms with Crippen LogP contribution in [0, 0.1) is 6.92 Å². The van der Waals surface area contributed by atoms with Gasteiger partial charge in [0.15, 0.2) is 0 Å². The van der Waals surface area contributed by atoms with Crippen molar-refractivity contribution in [1.82, 2.24) is 4.98 Å². The van der Waals surface area contributed by atoms with Crippen molar-refractivity contribution in [2.45, 2.75) is 26.3 Å². The van der Waals surface area contributed by atoms with Crippen molar-refractivity contribution in [3.8, 4) is 5.75 Å². The van der Waals surface area contributed by atoms with E-state index in [4.69, 9.17) is 16.3 Å². The molecule has 6 nitrogen and oxygen atoms in total. The number of halogens is 1. The molecule has 5 rings (SSSR count). The van der Waals surface area contributed by atoms with E-state index in [-0.39, 0.29) is 11.3 Å². The second kappa shape index (κ2) is 9.55. The molecule has 1 atom stereocenters. The fourth-order valence-electron chi connectivity index (χ4n) is 4.73. The summed E-state index contributed by atoms with van der Waals surface area (Å²) in [4.78, 5) is 31.7. The fraction of sp³-hybridized carbons (Fsp3) is 0.172. The van der Waals surface area contributed by atoms with Crippen LogP contribution >= 0.6 is 11.6 Å². The van der Waals surface area contributed by atoms with Crippen molar-refractivity contribution in [2.24, 2.45) is 0 Å². The molecular weight excluding hydrogens is 476 g/mol. The lowest BCUT2D eigenvalue weighted by atomic mass is 9.93. The summed E-state index contributed by atoms with van der Waals surface area (Å²) in [6.45, 7) is 4.50. The maximum Gasteiger partial charge on any atom is 0.300 e. The SMILES string of the molecule is CCCOc1ccc(/C(O)=C2\C(=O)C(=O)N(c3cccc(Cl)c3)C2c2c(C)[nH]c3ccccc23)cc1. The number of hydrogen-bond acceptors (Lipinski definition) is 4. The molecule has 182 valence electrons. The first-order valence-electron chi connectivity index (χ1n) is 11.8. The van der Waals surface area contributed by atoms with E-state index in [2.05, 4.69) is 4.98 Å². The van der Waals surface area contributed by atoms with Crippen LogP contribution in [0.15, 0.2) is 78.4 Å². The first-order chi connectivity index (χ1) is 17.4. The summed E-state index contributed by atoms with van der Waals surface area (Å²) in [6.07, 6.45) is 0.874. The quantitative estimate of drug-likeness (QED) is 0.179. The zero-order valence-corrected chi connectivity index (χ0v) is 20.7. The van der Waals surface area contributed by atoms with E-state index in [1.165, 1.54) is 4.90 Å². The van der Waals surface area contributed by atoms with E-state index in [1.54, 1.807) is 48.5 Å². The Kier molecular flexibility index (Phi) is 6.29. The van der Waals surface area contributed by atoms with E-state index < -0.39 is 17.7 Å². The number of aliphatic hydroxyl groups is 1. The number of benzene rings is 3. The van der Waals surface area contributed by atoms with Crippen LogP contribution in [0.4, 0.5) is 5.69 Å². The van der Waals surface area contributed by atoms with Gasteiger partial charge in [-0.15, -0.1) is 0 Å². The number of hydrogen-bond donors (Lipinski definition) is 2. The van der Waals surface area contributed by atoms with Gasteiger partial charge in [-0.1, -0.05) is 42.8 Å². The molecule has 3 aromatic carbocycles. The number of amides is 1. The van der Waals surface area contributed by atoms with Crippen molar-refractivity contribution in [3.63, 3.8) is 0 Å². The van der Waals surface area contributed by atoms with E-state index in [0.29, 0.717) is 28.6 Å². The molecule has 0 saturated carbocycles. The molecule has 0 radical (unpaired) electrons. The van der Waals surface area contributed by atoms with Gasteiger partial charge in [0.25, 0.3) is 11.7 Å². The van der Waals surface area contributed by atoms with Crippen molar-refractivity contribution >= 4 is 45.6 Å².